The topological polar surface area (TPSA) is 25.8 Å². The van der Waals surface area contributed by atoms with Crippen molar-refractivity contribution < 1.29 is 0 Å². The molecular formula is C10H10N2. The quantitative estimate of drug-likeness (QED) is 0.535. The fourth-order valence-electron chi connectivity index (χ4n) is 0.869. The zero-order chi connectivity index (χ0) is 8.39. The van der Waals surface area contributed by atoms with Crippen LogP contribution in [0.3, 0.4) is 0 Å². The molecule has 2 nitrogen and oxygen atoms in total. The largest absolute Gasteiger partial charge is 0.155 e. The van der Waals surface area contributed by atoms with Gasteiger partial charge in [0.05, 0.1) is 5.69 Å². The molecule has 0 saturated heterocycles. The second-order valence-corrected chi connectivity index (χ2v) is 3.10. The predicted molar refractivity (Wildman–Crippen MR) is 46.4 cm³/mol. The molecule has 0 amide bonds. The lowest BCUT2D eigenvalue weighted by atomic mass is 10.3. The number of hydrogen-bond acceptors (Lipinski definition) is 2. The third-order valence-corrected chi connectivity index (χ3v) is 1.78. The van der Waals surface area contributed by atoms with Gasteiger partial charge in [-0.15, -0.1) is 5.10 Å². The van der Waals surface area contributed by atoms with Crippen LogP contribution in [-0.2, 0) is 0 Å². The molecule has 1 fully saturated rings. The Kier molecular flexibility index (Phi) is 1.79. The molecule has 0 radical (unpaired) electrons. The third kappa shape index (κ3) is 1.82. The van der Waals surface area contributed by atoms with Crippen LogP contribution < -0.4 is 0 Å². The molecule has 2 rings (SSSR count). The smallest absolute Gasteiger partial charge is 0.135 e. The van der Waals surface area contributed by atoms with Crippen molar-refractivity contribution in [2.75, 3.05) is 0 Å². The lowest BCUT2D eigenvalue weighted by Gasteiger charge is -1.88. The van der Waals surface area contributed by atoms with Crippen molar-refractivity contribution in [2.24, 2.45) is 5.92 Å². The van der Waals surface area contributed by atoms with Crippen LogP contribution in [0.15, 0.2) is 12.1 Å². The summed E-state index contributed by atoms with van der Waals surface area (Å²) in [6.07, 6.45) is 2.51. The molecule has 0 atom stereocenters. The zero-order valence-corrected chi connectivity index (χ0v) is 7.04. The first kappa shape index (κ1) is 7.30. The van der Waals surface area contributed by atoms with Crippen molar-refractivity contribution in [3.63, 3.8) is 0 Å². The highest BCUT2D eigenvalue weighted by Gasteiger charge is 2.17. The Morgan fingerprint density at radius 3 is 2.75 bits per heavy atom. The van der Waals surface area contributed by atoms with E-state index in [0.29, 0.717) is 5.92 Å². The molecule has 0 N–H and O–H groups in total. The molecule has 1 saturated carbocycles. The Morgan fingerprint density at radius 1 is 1.33 bits per heavy atom. The Bertz CT molecular complexity index is 325. The Hall–Kier alpha value is -1.36. The number of rotatable bonds is 0. The molecule has 1 aliphatic rings. The second-order valence-electron chi connectivity index (χ2n) is 3.10. The summed E-state index contributed by atoms with van der Waals surface area (Å²) in [7, 11) is 0. The highest BCUT2D eigenvalue weighted by molar-refractivity contribution is 5.28. The number of nitrogens with zero attached hydrogens (tertiary/aromatic N) is 2. The van der Waals surface area contributed by atoms with Crippen molar-refractivity contribution in [1.82, 2.24) is 10.2 Å². The minimum atomic E-state index is 0.633. The summed E-state index contributed by atoms with van der Waals surface area (Å²) in [4.78, 5) is 0. The Labute approximate surface area is 72.0 Å². The Morgan fingerprint density at radius 2 is 2.17 bits per heavy atom. The van der Waals surface area contributed by atoms with Gasteiger partial charge in [0.2, 0.25) is 0 Å². The van der Waals surface area contributed by atoms with Crippen molar-refractivity contribution in [2.45, 2.75) is 19.8 Å². The third-order valence-electron chi connectivity index (χ3n) is 1.78. The lowest BCUT2D eigenvalue weighted by Crippen LogP contribution is -1.88. The van der Waals surface area contributed by atoms with E-state index in [1.807, 2.05) is 19.1 Å². The maximum Gasteiger partial charge on any atom is 0.135 e. The maximum atomic E-state index is 3.95. The van der Waals surface area contributed by atoms with E-state index in [1.54, 1.807) is 0 Å². The maximum absolute atomic E-state index is 3.95. The molecule has 60 valence electrons. The Balaban J connectivity index is 2.13. The van der Waals surface area contributed by atoms with E-state index in [2.05, 4.69) is 22.0 Å². The van der Waals surface area contributed by atoms with Crippen LogP contribution in [0.2, 0.25) is 0 Å². The van der Waals surface area contributed by atoms with Gasteiger partial charge in [-0.1, -0.05) is 5.92 Å². The molecule has 1 aliphatic carbocycles. The van der Waals surface area contributed by atoms with Crippen LogP contribution in [0.4, 0.5) is 0 Å². The van der Waals surface area contributed by atoms with Gasteiger partial charge in [-0.3, -0.25) is 0 Å². The average molecular weight is 158 g/mol. The van der Waals surface area contributed by atoms with Gasteiger partial charge in [0, 0.05) is 5.92 Å². The molecule has 2 heteroatoms. The number of aryl methyl sites for hydroxylation is 1. The second kappa shape index (κ2) is 2.94. The first-order valence-electron chi connectivity index (χ1n) is 4.16. The van der Waals surface area contributed by atoms with Crippen molar-refractivity contribution in [3.8, 4) is 11.8 Å². The molecule has 1 heterocycles. The number of hydrogen-bond donors (Lipinski definition) is 0. The molecular weight excluding hydrogens is 148 g/mol. The van der Waals surface area contributed by atoms with E-state index in [4.69, 9.17) is 0 Å². The highest BCUT2D eigenvalue weighted by atomic mass is 15.1. The molecule has 1 aromatic heterocycles. The minimum absolute atomic E-state index is 0.633. The first-order chi connectivity index (χ1) is 5.84. The SMILES string of the molecule is Cc1ccc(C#CC2CC2)nn1. The summed E-state index contributed by atoms with van der Waals surface area (Å²) in [5.41, 5.74) is 1.72. The summed E-state index contributed by atoms with van der Waals surface area (Å²) in [5, 5.41) is 7.88. The van der Waals surface area contributed by atoms with E-state index in [-0.39, 0.29) is 0 Å². The summed E-state index contributed by atoms with van der Waals surface area (Å²) in [6.45, 7) is 1.92. The molecule has 0 bridgehead atoms. The summed E-state index contributed by atoms with van der Waals surface area (Å²) < 4.78 is 0. The van der Waals surface area contributed by atoms with Gasteiger partial charge in [-0.2, -0.15) is 5.10 Å². The molecule has 0 aliphatic heterocycles. The molecule has 12 heavy (non-hydrogen) atoms. The molecule has 1 aromatic rings. The van der Waals surface area contributed by atoms with Gasteiger partial charge >= 0.3 is 0 Å². The first-order valence-corrected chi connectivity index (χ1v) is 4.16. The van der Waals surface area contributed by atoms with Crippen molar-refractivity contribution in [3.05, 3.63) is 23.5 Å². The van der Waals surface area contributed by atoms with Crippen LogP contribution in [0.1, 0.15) is 24.2 Å². The van der Waals surface area contributed by atoms with Gasteiger partial charge < -0.3 is 0 Å². The van der Waals surface area contributed by atoms with Crippen LogP contribution in [-0.4, -0.2) is 10.2 Å². The van der Waals surface area contributed by atoms with Crippen LogP contribution in [0.5, 0.6) is 0 Å². The van der Waals surface area contributed by atoms with E-state index in [9.17, 15) is 0 Å². The highest BCUT2D eigenvalue weighted by Crippen LogP contribution is 2.27. The summed E-state index contributed by atoms with van der Waals surface area (Å²) in [6, 6.07) is 3.85. The lowest BCUT2D eigenvalue weighted by molar-refractivity contribution is 0.966. The summed E-state index contributed by atoms with van der Waals surface area (Å²) >= 11 is 0. The normalized spacial score (nSPS) is 15.1. The fourth-order valence-corrected chi connectivity index (χ4v) is 0.869. The standard InChI is InChI=1S/C10H10N2/c1-8-2-6-10(12-11-8)7-5-9-3-4-9/h2,6,9H,3-4H2,1H3. The number of aromatic nitrogens is 2. The van der Waals surface area contributed by atoms with Gasteiger partial charge in [-0.05, 0) is 37.8 Å². The van der Waals surface area contributed by atoms with Gasteiger partial charge in [0.25, 0.3) is 0 Å². The van der Waals surface area contributed by atoms with Gasteiger partial charge in [0.15, 0.2) is 0 Å². The zero-order valence-electron chi connectivity index (χ0n) is 7.04. The van der Waals surface area contributed by atoms with E-state index >= 15 is 0 Å². The van der Waals surface area contributed by atoms with E-state index in [0.717, 1.165) is 11.4 Å². The van der Waals surface area contributed by atoms with Crippen LogP contribution in [0, 0.1) is 24.7 Å². The van der Waals surface area contributed by atoms with E-state index < -0.39 is 0 Å². The minimum Gasteiger partial charge on any atom is -0.155 e. The van der Waals surface area contributed by atoms with Gasteiger partial charge in [0.1, 0.15) is 5.69 Å². The van der Waals surface area contributed by atoms with Gasteiger partial charge in [-0.25, -0.2) is 0 Å². The fraction of sp³-hybridized carbons (Fsp3) is 0.400. The monoisotopic (exact) mass is 158 g/mol. The van der Waals surface area contributed by atoms with Crippen LogP contribution in [0.25, 0.3) is 0 Å². The van der Waals surface area contributed by atoms with Crippen LogP contribution >= 0.6 is 0 Å². The van der Waals surface area contributed by atoms with E-state index in [1.165, 1.54) is 12.8 Å². The molecule has 0 unspecified atom stereocenters. The summed E-state index contributed by atoms with van der Waals surface area (Å²) in [5.74, 6) is 6.78. The van der Waals surface area contributed by atoms with Crippen molar-refractivity contribution >= 4 is 0 Å². The molecule has 0 aromatic carbocycles. The molecule has 0 spiro atoms. The predicted octanol–water partition coefficient (Wildman–Crippen LogP) is 1.55. The average Bonchev–Trinajstić information content (AvgIpc) is 2.87. The van der Waals surface area contributed by atoms with Crippen molar-refractivity contribution in [1.29, 1.82) is 0 Å².